The van der Waals surface area contributed by atoms with Crippen LogP contribution < -0.4 is 5.32 Å². The number of aliphatic carboxylic acids is 1. The van der Waals surface area contributed by atoms with Crippen LogP contribution >= 0.6 is 0 Å². The summed E-state index contributed by atoms with van der Waals surface area (Å²) in [5.74, 6) is -1.23. The van der Waals surface area contributed by atoms with E-state index in [1.807, 2.05) is 26.0 Å². The molecule has 2 N–H and O–H groups in total. The van der Waals surface area contributed by atoms with E-state index in [1.165, 1.54) is 13.0 Å². The highest BCUT2D eigenvalue weighted by Crippen LogP contribution is 2.43. The summed E-state index contributed by atoms with van der Waals surface area (Å²) in [6.07, 6.45) is 11.0. The Morgan fingerprint density at radius 3 is 2.54 bits per heavy atom. The molecule has 1 spiro atoms. The van der Waals surface area contributed by atoms with Gasteiger partial charge in [-0.3, -0.25) is 14.4 Å². The monoisotopic (exact) mass is 519 g/mol. The van der Waals surface area contributed by atoms with E-state index in [0.29, 0.717) is 13.0 Å². The molecule has 8 atom stereocenters. The molecule has 9 heteroatoms. The first-order valence-corrected chi connectivity index (χ1v) is 13.1. The number of carbonyl (C=O) groups excluding carboxylic acids is 2. The molecule has 0 radical (unpaired) electrons. The largest absolute Gasteiger partial charge is 0.481 e. The fourth-order valence-corrected chi connectivity index (χ4v) is 5.07. The van der Waals surface area contributed by atoms with E-state index in [2.05, 4.69) is 18.3 Å². The maximum absolute atomic E-state index is 12.3. The Morgan fingerprint density at radius 2 is 1.89 bits per heavy atom. The van der Waals surface area contributed by atoms with E-state index in [9.17, 15) is 14.4 Å². The highest BCUT2D eigenvalue weighted by Gasteiger charge is 2.51. The molecule has 1 amide bonds. The Kier molecular flexibility index (Phi) is 10.1. The summed E-state index contributed by atoms with van der Waals surface area (Å²) in [7, 11) is 0. The molecular formula is C28H41NO8. The number of carboxylic acid groups (broad SMARTS) is 1. The first kappa shape index (κ1) is 29.1. The molecule has 3 saturated heterocycles. The molecule has 3 aliphatic rings. The third-order valence-electron chi connectivity index (χ3n) is 7.16. The second-order valence-electron chi connectivity index (χ2n) is 10.7. The van der Waals surface area contributed by atoms with E-state index < -0.39 is 12.1 Å². The third kappa shape index (κ3) is 9.39. The van der Waals surface area contributed by atoms with E-state index in [4.69, 9.17) is 24.1 Å². The first-order chi connectivity index (χ1) is 17.4. The number of carboxylic acids is 1. The lowest BCUT2D eigenvalue weighted by Gasteiger charge is -2.39. The van der Waals surface area contributed by atoms with Gasteiger partial charge in [0, 0.05) is 25.8 Å². The standard InChI is InChI=1S/C28H41NO8/c1-17(6-9-22-14-28(16-34-28)15-23(37-22)13-27(32)33)7-10-25-18(2)12-24(20(4)36-25)29-26(31)11-8-19(3)35-21(5)30/h6-9,11,18-20,22-25H,10,12-16H2,1-5H3,(H,29,31)(H,32,33)/b9-6+,11-8-,17-7+/t18-,19?,20+,22+,23+,24+,25-,28+/m0/s1. The summed E-state index contributed by atoms with van der Waals surface area (Å²) < 4.78 is 22.8. The molecule has 37 heavy (non-hydrogen) atoms. The summed E-state index contributed by atoms with van der Waals surface area (Å²) in [6.45, 7) is 9.83. The summed E-state index contributed by atoms with van der Waals surface area (Å²) in [5, 5.41) is 12.1. The minimum absolute atomic E-state index is 0.00942. The van der Waals surface area contributed by atoms with E-state index >= 15 is 0 Å². The molecule has 9 nitrogen and oxygen atoms in total. The van der Waals surface area contributed by atoms with Crippen LogP contribution in [0.15, 0.2) is 36.0 Å². The molecule has 1 unspecified atom stereocenters. The number of hydrogen-bond acceptors (Lipinski definition) is 7. The molecule has 0 aromatic carbocycles. The van der Waals surface area contributed by atoms with Crippen molar-refractivity contribution in [3.63, 3.8) is 0 Å². The lowest BCUT2D eigenvalue weighted by molar-refractivity contribution is -0.144. The topological polar surface area (TPSA) is 124 Å². The van der Waals surface area contributed by atoms with Crippen LogP contribution in [0.1, 0.15) is 66.7 Å². The van der Waals surface area contributed by atoms with Crippen LogP contribution in [-0.4, -0.2) is 71.7 Å². The summed E-state index contributed by atoms with van der Waals surface area (Å²) >= 11 is 0. The second-order valence-corrected chi connectivity index (χ2v) is 10.7. The van der Waals surface area contributed by atoms with E-state index in [-0.39, 0.29) is 60.3 Å². The minimum atomic E-state index is -0.857. The Labute approximate surface area is 219 Å². The lowest BCUT2D eigenvalue weighted by Crippen LogP contribution is -2.50. The van der Waals surface area contributed by atoms with Gasteiger partial charge < -0.3 is 29.4 Å². The van der Waals surface area contributed by atoms with Crippen LogP contribution in [0.3, 0.4) is 0 Å². The van der Waals surface area contributed by atoms with Gasteiger partial charge in [-0.15, -0.1) is 0 Å². The summed E-state index contributed by atoms with van der Waals surface area (Å²) in [4.78, 5) is 34.4. The number of epoxide rings is 1. The van der Waals surface area contributed by atoms with Crippen molar-refractivity contribution in [2.75, 3.05) is 6.61 Å². The van der Waals surface area contributed by atoms with Crippen molar-refractivity contribution in [1.29, 1.82) is 0 Å². The van der Waals surface area contributed by atoms with Crippen molar-refractivity contribution in [1.82, 2.24) is 5.32 Å². The number of rotatable bonds is 10. The van der Waals surface area contributed by atoms with Crippen LogP contribution in [0.25, 0.3) is 0 Å². The maximum Gasteiger partial charge on any atom is 0.305 e. The van der Waals surface area contributed by atoms with Crippen molar-refractivity contribution < 1.29 is 38.4 Å². The lowest BCUT2D eigenvalue weighted by atomic mass is 9.88. The van der Waals surface area contributed by atoms with Crippen molar-refractivity contribution in [3.05, 3.63) is 36.0 Å². The number of nitrogens with one attached hydrogen (secondary N) is 1. The Balaban J connectivity index is 1.46. The number of allylic oxidation sites excluding steroid dienone is 2. The van der Waals surface area contributed by atoms with Crippen LogP contribution in [-0.2, 0) is 33.3 Å². The fraction of sp³-hybridized carbons (Fsp3) is 0.679. The molecule has 3 aliphatic heterocycles. The van der Waals surface area contributed by atoms with Crippen molar-refractivity contribution >= 4 is 17.8 Å². The maximum atomic E-state index is 12.3. The molecule has 3 fully saturated rings. The fourth-order valence-electron chi connectivity index (χ4n) is 5.07. The second kappa shape index (κ2) is 12.8. The predicted octanol–water partition coefficient (Wildman–Crippen LogP) is 3.48. The molecule has 0 aromatic rings. The predicted molar refractivity (Wildman–Crippen MR) is 137 cm³/mol. The van der Waals surface area contributed by atoms with Gasteiger partial charge in [-0.25, -0.2) is 0 Å². The van der Waals surface area contributed by atoms with Gasteiger partial charge >= 0.3 is 11.9 Å². The highest BCUT2D eigenvalue weighted by atomic mass is 16.6. The third-order valence-corrected chi connectivity index (χ3v) is 7.16. The van der Waals surface area contributed by atoms with Crippen molar-refractivity contribution in [2.45, 2.75) is 109 Å². The number of hydrogen-bond donors (Lipinski definition) is 2. The first-order valence-electron chi connectivity index (χ1n) is 13.1. The van der Waals surface area contributed by atoms with Gasteiger partial charge in [-0.2, -0.15) is 0 Å². The van der Waals surface area contributed by atoms with Crippen molar-refractivity contribution in [2.24, 2.45) is 5.92 Å². The molecule has 0 bridgehead atoms. The van der Waals surface area contributed by atoms with Gasteiger partial charge in [0.1, 0.15) is 6.10 Å². The van der Waals surface area contributed by atoms with Gasteiger partial charge in [0.15, 0.2) is 0 Å². The van der Waals surface area contributed by atoms with Gasteiger partial charge in [-0.05, 0) is 45.6 Å². The zero-order valence-electron chi connectivity index (χ0n) is 22.5. The molecule has 0 saturated carbocycles. The van der Waals surface area contributed by atoms with Crippen LogP contribution in [0.4, 0.5) is 0 Å². The Bertz CT molecular complexity index is 921. The normalized spacial score (nSPS) is 35.0. The number of amides is 1. The molecule has 0 aromatic heterocycles. The minimum Gasteiger partial charge on any atom is -0.481 e. The molecule has 0 aliphatic carbocycles. The molecule has 206 valence electrons. The molecule has 3 rings (SSSR count). The zero-order valence-corrected chi connectivity index (χ0v) is 22.5. The number of esters is 1. The highest BCUT2D eigenvalue weighted by molar-refractivity contribution is 5.87. The zero-order chi connectivity index (χ0) is 27.2. The van der Waals surface area contributed by atoms with E-state index in [0.717, 1.165) is 24.8 Å². The quantitative estimate of drug-likeness (QED) is 0.195. The average molecular weight is 520 g/mol. The van der Waals surface area contributed by atoms with Crippen LogP contribution in [0.2, 0.25) is 0 Å². The SMILES string of the molecule is CC(=O)OC(C)/C=C\C(=O)N[C@@H]1C[C@H](C)[C@H](C/C=C(C)/C=C/[C@@H]2C[C@]3(CO3)C[C@@H](CC(=O)O)O2)O[C@@H]1C. The summed E-state index contributed by atoms with van der Waals surface area (Å²) in [5.41, 5.74) is 0.870. The van der Waals surface area contributed by atoms with Gasteiger partial charge in [0.2, 0.25) is 5.91 Å². The average Bonchev–Trinajstić information content (AvgIpc) is 3.54. The molecular weight excluding hydrogens is 478 g/mol. The van der Waals surface area contributed by atoms with Crippen LogP contribution in [0.5, 0.6) is 0 Å². The molecule has 3 heterocycles. The Morgan fingerprint density at radius 1 is 1.16 bits per heavy atom. The summed E-state index contributed by atoms with van der Waals surface area (Å²) in [6, 6.07) is -0.100. The van der Waals surface area contributed by atoms with E-state index in [1.54, 1.807) is 13.0 Å². The Hall–Kier alpha value is -2.49. The van der Waals surface area contributed by atoms with Gasteiger partial charge in [-0.1, -0.05) is 30.7 Å². The van der Waals surface area contributed by atoms with Crippen LogP contribution in [0, 0.1) is 5.92 Å². The number of carbonyl (C=O) groups is 3. The van der Waals surface area contributed by atoms with Gasteiger partial charge in [0.25, 0.3) is 0 Å². The van der Waals surface area contributed by atoms with Gasteiger partial charge in [0.05, 0.1) is 49.1 Å². The van der Waals surface area contributed by atoms with Crippen molar-refractivity contribution in [3.8, 4) is 0 Å². The number of ether oxygens (including phenoxy) is 4. The smallest absolute Gasteiger partial charge is 0.305 e.